The molecule has 0 spiro atoms. The third-order valence-corrected chi connectivity index (χ3v) is 6.60. The highest BCUT2D eigenvalue weighted by Gasteiger charge is 2.43. The fourth-order valence-electron chi connectivity index (χ4n) is 5.18. The van der Waals surface area contributed by atoms with Crippen LogP contribution in [-0.2, 0) is 9.59 Å². The molecule has 4 fully saturated rings. The van der Waals surface area contributed by atoms with Gasteiger partial charge in [-0.2, -0.15) is 0 Å². The Morgan fingerprint density at radius 2 is 1.85 bits per heavy atom. The molecule has 4 saturated heterocycles. The Hall–Kier alpha value is -0.560. The van der Waals surface area contributed by atoms with Gasteiger partial charge in [-0.05, 0) is 37.8 Å². The van der Waals surface area contributed by atoms with Gasteiger partial charge in [0.05, 0.1) is 5.92 Å². The summed E-state index contributed by atoms with van der Waals surface area (Å²) in [6, 6.07) is 0.491. The molecule has 2 unspecified atom stereocenters. The zero-order valence-corrected chi connectivity index (χ0v) is 17.2. The second kappa shape index (κ2) is 9.09. The molecule has 26 heavy (non-hydrogen) atoms. The summed E-state index contributed by atoms with van der Waals surface area (Å²) in [5, 5.41) is 3.41. The number of carbonyl (C=O) groups excluding carboxylic acids is 2. The zero-order valence-electron chi connectivity index (χ0n) is 15.6. The lowest BCUT2D eigenvalue weighted by molar-refractivity contribution is -0.135. The van der Waals surface area contributed by atoms with Crippen molar-refractivity contribution in [2.45, 2.75) is 32.2 Å². The fourth-order valence-corrected chi connectivity index (χ4v) is 5.18. The minimum atomic E-state index is -0.110. The summed E-state index contributed by atoms with van der Waals surface area (Å²) in [7, 11) is 0. The number of amides is 2. The first-order chi connectivity index (χ1) is 11.7. The molecule has 0 saturated carbocycles. The number of likely N-dealkylation sites (tertiary alicyclic amines) is 3. The van der Waals surface area contributed by atoms with Crippen LogP contribution < -0.4 is 5.32 Å². The van der Waals surface area contributed by atoms with E-state index in [9.17, 15) is 9.59 Å². The Bertz CT molecular complexity index is 509. The molecule has 4 atom stereocenters. The second-order valence-electron chi connectivity index (χ2n) is 8.05. The van der Waals surface area contributed by atoms with Crippen LogP contribution in [0.25, 0.3) is 0 Å². The number of fused-ring (bicyclic) bond motifs is 1. The van der Waals surface area contributed by atoms with Gasteiger partial charge in [0, 0.05) is 51.7 Å². The average Bonchev–Trinajstić information content (AvgIpc) is 3.31. The molecule has 4 rings (SSSR count). The average molecular weight is 407 g/mol. The second-order valence-corrected chi connectivity index (χ2v) is 8.05. The van der Waals surface area contributed by atoms with Gasteiger partial charge in [0.15, 0.2) is 0 Å². The van der Waals surface area contributed by atoms with Gasteiger partial charge in [0.2, 0.25) is 11.8 Å². The van der Waals surface area contributed by atoms with Gasteiger partial charge in [0.1, 0.15) is 0 Å². The maximum absolute atomic E-state index is 12.8. The minimum Gasteiger partial charge on any atom is -0.342 e. The van der Waals surface area contributed by atoms with Crippen LogP contribution in [0.15, 0.2) is 0 Å². The molecular formula is C18H32Cl2N4O2. The molecule has 1 N–H and O–H groups in total. The predicted octanol–water partition coefficient (Wildman–Crippen LogP) is 0.841. The predicted molar refractivity (Wildman–Crippen MR) is 106 cm³/mol. The lowest BCUT2D eigenvalue weighted by Crippen LogP contribution is -2.42. The standard InChI is InChI=1S/C18H30N4O2.2ClH/c1-2-20-5-3-4-16(20)12-21-9-13(6-17(21)23)18(24)22-10-14-7-19-8-15(14)11-22;;/h13-16,19H,2-12H2,1H3;2*1H/t13?,14-,15+,16?;;. The van der Waals surface area contributed by atoms with Crippen LogP contribution in [0, 0.1) is 17.8 Å². The summed E-state index contributed by atoms with van der Waals surface area (Å²) in [5.74, 6) is 1.54. The van der Waals surface area contributed by atoms with E-state index in [1.165, 1.54) is 12.8 Å². The van der Waals surface area contributed by atoms with E-state index in [0.29, 0.717) is 30.8 Å². The van der Waals surface area contributed by atoms with E-state index in [0.717, 1.165) is 45.8 Å². The number of rotatable bonds is 4. The Labute approximate surface area is 168 Å². The van der Waals surface area contributed by atoms with Crippen molar-refractivity contribution < 1.29 is 9.59 Å². The number of carbonyl (C=O) groups is 2. The lowest BCUT2D eigenvalue weighted by Gasteiger charge is -2.28. The summed E-state index contributed by atoms with van der Waals surface area (Å²) in [5.41, 5.74) is 0. The molecule has 6 nitrogen and oxygen atoms in total. The van der Waals surface area contributed by atoms with E-state index in [1.807, 2.05) is 9.80 Å². The molecule has 4 heterocycles. The van der Waals surface area contributed by atoms with Gasteiger partial charge < -0.3 is 15.1 Å². The monoisotopic (exact) mass is 406 g/mol. The molecular weight excluding hydrogens is 375 g/mol. The normalized spacial score (nSPS) is 34.0. The highest BCUT2D eigenvalue weighted by atomic mass is 35.5. The van der Waals surface area contributed by atoms with Gasteiger partial charge in [-0.3, -0.25) is 14.5 Å². The maximum atomic E-state index is 12.8. The number of likely N-dealkylation sites (N-methyl/N-ethyl adjacent to an activating group) is 1. The Morgan fingerprint density at radius 3 is 2.50 bits per heavy atom. The van der Waals surface area contributed by atoms with E-state index < -0.39 is 0 Å². The van der Waals surface area contributed by atoms with Crippen LogP contribution in [0.1, 0.15) is 26.2 Å². The van der Waals surface area contributed by atoms with Gasteiger partial charge in [-0.25, -0.2) is 0 Å². The first kappa shape index (κ1) is 21.7. The SMILES string of the molecule is CCN1CCCC1CN1CC(C(=O)N2C[C@H]3CNC[C@H]3C2)CC1=O.Cl.Cl. The van der Waals surface area contributed by atoms with E-state index in [-0.39, 0.29) is 42.5 Å². The molecule has 0 aromatic carbocycles. The van der Waals surface area contributed by atoms with Gasteiger partial charge >= 0.3 is 0 Å². The Kier molecular flexibility index (Phi) is 7.60. The molecule has 150 valence electrons. The molecule has 4 aliphatic rings. The van der Waals surface area contributed by atoms with E-state index >= 15 is 0 Å². The Balaban J connectivity index is 0.00000121. The molecule has 2 amide bonds. The number of nitrogens with one attached hydrogen (secondary N) is 1. The summed E-state index contributed by atoms with van der Waals surface area (Å²) < 4.78 is 0. The van der Waals surface area contributed by atoms with Crippen molar-refractivity contribution in [3.63, 3.8) is 0 Å². The molecule has 4 aliphatic heterocycles. The zero-order chi connectivity index (χ0) is 16.7. The first-order valence-electron chi connectivity index (χ1n) is 9.67. The van der Waals surface area contributed by atoms with Crippen molar-refractivity contribution in [1.82, 2.24) is 20.0 Å². The van der Waals surface area contributed by atoms with Crippen LogP contribution >= 0.6 is 24.8 Å². The quantitative estimate of drug-likeness (QED) is 0.751. The van der Waals surface area contributed by atoms with Crippen LogP contribution in [0.5, 0.6) is 0 Å². The van der Waals surface area contributed by atoms with Crippen molar-refractivity contribution in [1.29, 1.82) is 0 Å². The molecule has 0 bridgehead atoms. The van der Waals surface area contributed by atoms with Gasteiger partial charge in [-0.15, -0.1) is 24.8 Å². The molecule has 0 aromatic heterocycles. The van der Waals surface area contributed by atoms with E-state index in [1.54, 1.807) is 0 Å². The maximum Gasteiger partial charge on any atom is 0.228 e. The molecule has 0 aromatic rings. The number of nitrogens with zero attached hydrogens (tertiary/aromatic N) is 3. The third kappa shape index (κ3) is 4.13. The summed E-state index contributed by atoms with van der Waals surface area (Å²) in [4.78, 5) is 31.7. The number of hydrogen-bond acceptors (Lipinski definition) is 4. The summed E-state index contributed by atoms with van der Waals surface area (Å²) in [6.07, 6.45) is 2.83. The van der Waals surface area contributed by atoms with Crippen LogP contribution in [-0.4, -0.2) is 84.9 Å². The van der Waals surface area contributed by atoms with Crippen molar-refractivity contribution in [3.8, 4) is 0 Å². The highest BCUT2D eigenvalue weighted by Crippen LogP contribution is 2.30. The topological polar surface area (TPSA) is 55.9 Å². The van der Waals surface area contributed by atoms with E-state index in [2.05, 4.69) is 17.1 Å². The van der Waals surface area contributed by atoms with Crippen LogP contribution in [0.4, 0.5) is 0 Å². The number of hydrogen-bond donors (Lipinski definition) is 1. The third-order valence-electron chi connectivity index (χ3n) is 6.60. The van der Waals surface area contributed by atoms with E-state index in [4.69, 9.17) is 0 Å². The largest absolute Gasteiger partial charge is 0.342 e. The summed E-state index contributed by atoms with van der Waals surface area (Å²) >= 11 is 0. The molecule has 0 aliphatic carbocycles. The number of halogens is 2. The van der Waals surface area contributed by atoms with Crippen molar-refractivity contribution >= 4 is 36.6 Å². The minimum absolute atomic E-state index is 0. The van der Waals surface area contributed by atoms with Crippen molar-refractivity contribution in [3.05, 3.63) is 0 Å². The van der Waals surface area contributed by atoms with Crippen LogP contribution in [0.3, 0.4) is 0 Å². The van der Waals surface area contributed by atoms with Crippen molar-refractivity contribution in [2.75, 3.05) is 52.4 Å². The smallest absolute Gasteiger partial charge is 0.228 e. The molecule has 8 heteroatoms. The summed E-state index contributed by atoms with van der Waals surface area (Å²) in [6.45, 7) is 9.69. The van der Waals surface area contributed by atoms with Gasteiger partial charge in [-0.1, -0.05) is 6.92 Å². The molecule has 0 radical (unpaired) electrons. The first-order valence-corrected chi connectivity index (χ1v) is 9.67. The fraction of sp³-hybridized carbons (Fsp3) is 0.889. The Morgan fingerprint density at radius 1 is 1.15 bits per heavy atom. The van der Waals surface area contributed by atoms with Crippen LogP contribution in [0.2, 0.25) is 0 Å². The van der Waals surface area contributed by atoms with Crippen molar-refractivity contribution in [2.24, 2.45) is 17.8 Å². The van der Waals surface area contributed by atoms with Gasteiger partial charge in [0.25, 0.3) is 0 Å². The highest BCUT2D eigenvalue weighted by molar-refractivity contribution is 5.89. The lowest BCUT2D eigenvalue weighted by atomic mass is 10.0.